The van der Waals surface area contributed by atoms with Gasteiger partial charge in [-0.2, -0.15) is 0 Å². The number of phenols is 1. The summed E-state index contributed by atoms with van der Waals surface area (Å²) < 4.78 is 4.94. The number of ether oxygens (including phenoxy) is 1. The summed E-state index contributed by atoms with van der Waals surface area (Å²) in [7, 11) is 1.47. The molecule has 4 heteroatoms. The minimum atomic E-state index is -0.744. The van der Waals surface area contributed by atoms with Gasteiger partial charge in [-0.1, -0.05) is 19.9 Å². The summed E-state index contributed by atoms with van der Waals surface area (Å²) in [4.78, 5) is 0. The Balaban J connectivity index is 2.96. The SMILES string of the molecule is COc1ccc([C@@H](O)C(C)(C)CCO)cc1O. The minimum Gasteiger partial charge on any atom is -0.504 e. The maximum Gasteiger partial charge on any atom is 0.160 e. The summed E-state index contributed by atoms with van der Waals surface area (Å²) in [6.07, 6.45) is -0.257. The van der Waals surface area contributed by atoms with Crippen molar-refractivity contribution in [3.63, 3.8) is 0 Å². The van der Waals surface area contributed by atoms with E-state index in [2.05, 4.69) is 0 Å². The quantitative estimate of drug-likeness (QED) is 0.734. The van der Waals surface area contributed by atoms with Crippen LogP contribution in [0.4, 0.5) is 0 Å². The molecule has 1 aromatic rings. The molecule has 0 aliphatic carbocycles. The van der Waals surface area contributed by atoms with Crippen molar-refractivity contribution in [1.82, 2.24) is 0 Å². The molecule has 0 radical (unpaired) electrons. The maximum atomic E-state index is 10.2. The molecule has 17 heavy (non-hydrogen) atoms. The first-order chi connectivity index (χ1) is 7.92. The van der Waals surface area contributed by atoms with Crippen LogP contribution in [-0.4, -0.2) is 29.0 Å². The van der Waals surface area contributed by atoms with Crippen molar-refractivity contribution in [3.8, 4) is 11.5 Å². The number of aliphatic hydroxyl groups is 2. The first-order valence-corrected chi connectivity index (χ1v) is 5.58. The molecule has 96 valence electrons. The van der Waals surface area contributed by atoms with E-state index >= 15 is 0 Å². The zero-order valence-electron chi connectivity index (χ0n) is 10.5. The number of hydrogen-bond acceptors (Lipinski definition) is 4. The Bertz CT molecular complexity index is 374. The van der Waals surface area contributed by atoms with Crippen molar-refractivity contribution in [2.45, 2.75) is 26.4 Å². The number of hydrogen-bond donors (Lipinski definition) is 3. The van der Waals surface area contributed by atoms with E-state index in [0.29, 0.717) is 17.7 Å². The third-order valence-corrected chi connectivity index (χ3v) is 3.02. The van der Waals surface area contributed by atoms with Crippen LogP contribution in [-0.2, 0) is 0 Å². The first-order valence-electron chi connectivity index (χ1n) is 5.58. The molecule has 0 fully saturated rings. The van der Waals surface area contributed by atoms with Gasteiger partial charge >= 0.3 is 0 Å². The van der Waals surface area contributed by atoms with E-state index in [-0.39, 0.29) is 12.4 Å². The predicted octanol–water partition coefficient (Wildman–Crippen LogP) is 1.84. The van der Waals surface area contributed by atoms with Gasteiger partial charge in [0.1, 0.15) is 0 Å². The van der Waals surface area contributed by atoms with Crippen molar-refractivity contribution in [1.29, 1.82) is 0 Å². The average molecular weight is 240 g/mol. The van der Waals surface area contributed by atoms with E-state index in [9.17, 15) is 10.2 Å². The molecule has 1 rings (SSSR count). The molecule has 0 bridgehead atoms. The van der Waals surface area contributed by atoms with Crippen molar-refractivity contribution in [2.24, 2.45) is 5.41 Å². The molecule has 0 saturated heterocycles. The summed E-state index contributed by atoms with van der Waals surface area (Å²) in [5, 5.41) is 28.8. The molecule has 4 nitrogen and oxygen atoms in total. The lowest BCUT2D eigenvalue weighted by Gasteiger charge is -2.30. The van der Waals surface area contributed by atoms with Gasteiger partial charge in [0.25, 0.3) is 0 Å². The molecule has 0 amide bonds. The second-order valence-electron chi connectivity index (χ2n) is 4.80. The Labute approximate surface area is 101 Å². The Morgan fingerprint density at radius 2 is 2.00 bits per heavy atom. The zero-order chi connectivity index (χ0) is 13.1. The molecule has 0 unspecified atom stereocenters. The lowest BCUT2D eigenvalue weighted by Crippen LogP contribution is -2.23. The van der Waals surface area contributed by atoms with Gasteiger partial charge < -0.3 is 20.1 Å². The third-order valence-electron chi connectivity index (χ3n) is 3.02. The van der Waals surface area contributed by atoms with Crippen LogP contribution in [0.15, 0.2) is 18.2 Å². The van der Waals surface area contributed by atoms with E-state index < -0.39 is 11.5 Å². The second-order valence-corrected chi connectivity index (χ2v) is 4.80. The van der Waals surface area contributed by atoms with Gasteiger partial charge in [-0.3, -0.25) is 0 Å². The highest BCUT2D eigenvalue weighted by atomic mass is 16.5. The smallest absolute Gasteiger partial charge is 0.160 e. The molecule has 0 aliphatic heterocycles. The lowest BCUT2D eigenvalue weighted by molar-refractivity contribution is 0.0303. The molecule has 1 aromatic carbocycles. The summed E-state index contributed by atoms with van der Waals surface area (Å²) in [6, 6.07) is 4.81. The first kappa shape index (κ1) is 13.8. The highest BCUT2D eigenvalue weighted by Crippen LogP contribution is 2.38. The number of aromatic hydroxyl groups is 1. The van der Waals surface area contributed by atoms with Gasteiger partial charge in [-0.05, 0) is 29.5 Å². The van der Waals surface area contributed by atoms with Gasteiger partial charge in [0.15, 0.2) is 11.5 Å². The van der Waals surface area contributed by atoms with Crippen LogP contribution in [0.25, 0.3) is 0 Å². The maximum absolute atomic E-state index is 10.2. The number of aliphatic hydroxyl groups excluding tert-OH is 2. The van der Waals surface area contributed by atoms with Crippen LogP contribution in [0.3, 0.4) is 0 Å². The van der Waals surface area contributed by atoms with E-state index in [1.54, 1.807) is 12.1 Å². The Morgan fingerprint density at radius 3 is 2.47 bits per heavy atom. The molecule has 1 atom stereocenters. The highest BCUT2D eigenvalue weighted by Gasteiger charge is 2.29. The number of phenolic OH excluding ortho intramolecular Hbond substituents is 1. The molecule has 0 aromatic heterocycles. The van der Waals surface area contributed by atoms with Crippen molar-refractivity contribution in [2.75, 3.05) is 13.7 Å². The van der Waals surface area contributed by atoms with Crippen LogP contribution in [0.5, 0.6) is 11.5 Å². The van der Waals surface area contributed by atoms with E-state index in [1.807, 2.05) is 13.8 Å². The third kappa shape index (κ3) is 3.11. The van der Waals surface area contributed by atoms with Gasteiger partial charge in [0.05, 0.1) is 13.2 Å². The Kier molecular flexibility index (Phi) is 4.37. The topological polar surface area (TPSA) is 69.9 Å². The standard InChI is InChI=1S/C13H20O4/c1-13(2,6-7-14)12(16)9-4-5-11(17-3)10(15)8-9/h4-5,8,12,14-16H,6-7H2,1-3H3/t12-/m1/s1. The van der Waals surface area contributed by atoms with Gasteiger partial charge in [0.2, 0.25) is 0 Å². The highest BCUT2D eigenvalue weighted by molar-refractivity contribution is 5.42. The molecule has 0 aliphatic rings. The minimum absolute atomic E-state index is 0.00356. The monoisotopic (exact) mass is 240 g/mol. The van der Waals surface area contributed by atoms with Crippen molar-refractivity contribution >= 4 is 0 Å². The number of methoxy groups -OCH3 is 1. The summed E-state index contributed by atoms with van der Waals surface area (Å²) in [5.74, 6) is 0.379. The van der Waals surface area contributed by atoms with Crippen molar-refractivity contribution in [3.05, 3.63) is 23.8 Å². The van der Waals surface area contributed by atoms with Crippen LogP contribution in [0, 0.1) is 5.41 Å². The Hall–Kier alpha value is -1.26. The molecule has 0 spiro atoms. The second kappa shape index (κ2) is 5.38. The van der Waals surface area contributed by atoms with Crippen LogP contribution in [0.2, 0.25) is 0 Å². The average Bonchev–Trinajstić information content (AvgIpc) is 2.27. The molecule has 3 N–H and O–H groups in total. The van der Waals surface area contributed by atoms with Crippen LogP contribution < -0.4 is 4.74 Å². The fourth-order valence-electron chi connectivity index (χ4n) is 1.75. The summed E-state index contributed by atoms with van der Waals surface area (Å²) >= 11 is 0. The van der Waals surface area contributed by atoms with E-state index in [4.69, 9.17) is 9.84 Å². The fraction of sp³-hybridized carbons (Fsp3) is 0.538. The summed E-state index contributed by atoms with van der Waals surface area (Å²) in [6.45, 7) is 3.76. The summed E-state index contributed by atoms with van der Waals surface area (Å²) in [5.41, 5.74) is 0.164. The van der Waals surface area contributed by atoms with Crippen LogP contribution in [0.1, 0.15) is 31.9 Å². The molecular formula is C13H20O4. The van der Waals surface area contributed by atoms with E-state index in [1.165, 1.54) is 13.2 Å². The van der Waals surface area contributed by atoms with Crippen molar-refractivity contribution < 1.29 is 20.1 Å². The Morgan fingerprint density at radius 1 is 1.35 bits per heavy atom. The molecule has 0 heterocycles. The molecular weight excluding hydrogens is 220 g/mol. The predicted molar refractivity (Wildman–Crippen MR) is 65.1 cm³/mol. The fourth-order valence-corrected chi connectivity index (χ4v) is 1.75. The normalized spacial score (nSPS) is 13.5. The van der Waals surface area contributed by atoms with Gasteiger partial charge in [-0.25, -0.2) is 0 Å². The van der Waals surface area contributed by atoms with Crippen LogP contribution >= 0.6 is 0 Å². The van der Waals surface area contributed by atoms with Gasteiger partial charge in [-0.15, -0.1) is 0 Å². The number of benzene rings is 1. The lowest BCUT2D eigenvalue weighted by atomic mass is 9.80. The zero-order valence-corrected chi connectivity index (χ0v) is 10.5. The number of rotatable bonds is 5. The van der Waals surface area contributed by atoms with E-state index in [0.717, 1.165) is 0 Å². The largest absolute Gasteiger partial charge is 0.504 e. The van der Waals surface area contributed by atoms with Gasteiger partial charge in [0, 0.05) is 6.61 Å². The molecule has 0 saturated carbocycles.